The molecule has 1 saturated carbocycles. The highest BCUT2D eigenvalue weighted by atomic mass is 16.3. The molecule has 0 saturated heterocycles. The second-order valence-electron chi connectivity index (χ2n) is 5.77. The van der Waals surface area contributed by atoms with Crippen molar-refractivity contribution in [2.24, 2.45) is 0 Å². The van der Waals surface area contributed by atoms with Gasteiger partial charge in [0.25, 0.3) is 0 Å². The smallest absolute Gasteiger partial charge is 0.317 e. The average Bonchev–Trinajstić information content (AvgIpc) is 2.76. The zero-order chi connectivity index (χ0) is 14.9. The van der Waals surface area contributed by atoms with Crippen molar-refractivity contribution in [1.29, 1.82) is 0 Å². The highest BCUT2D eigenvalue weighted by Gasteiger charge is 2.19. The molecular weight excluding hydrogens is 264 g/mol. The Balaban J connectivity index is 1.91. The second kappa shape index (κ2) is 8.67. The third kappa shape index (κ3) is 5.38. The molecule has 0 aliphatic heterocycles. The largest absolute Gasteiger partial charge is 0.395 e. The lowest BCUT2D eigenvalue weighted by Crippen LogP contribution is -2.45. The van der Waals surface area contributed by atoms with Gasteiger partial charge in [-0.3, -0.25) is 0 Å². The van der Waals surface area contributed by atoms with Crippen LogP contribution in [0.1, 0.15) is 44.1 Å². The third-order valence-corrected chi connectivity index (χ3v) is 4.06. The van der Waals surface area contributed by atoms with Crippen LogP contribution < -0.4 is 5.32 Å². The van der Waals surface area contributed by atoms with E-state index >= 15 is 0 Å². The Morgan fingerprint density at radius 2 is 1.81 bits per heavy atom. The van der Waals surface area contributed by atoms with Gasteiger partial charge in [0.05, 0.1) is 6.61 Å². The van der Waals surface area contributed by atoms with E-state index in [0.29, 0.717) is 13.1 Å². The van der Waals surface area contributed by atoms with Crippen LogP contribution in [0.15, 0.2) is 30.3 Å². The van der Waals surface area contributed by atoms with Crippen molar-refractivity contribution in [2.75, 3.05) is 13.2 Å². The van der Waals surface area contributed by atoms with Crippen LogP contribution in [0.3, 0.4) is 0 Å². The third-order valence-electron chi connectivity index (χ3n) is 4.06. The molecular formula is C17H26N2O2. The number of hydrogen-bond donors (Lipinski definition) is 2. The molecule has 1 aromatic rings. The highest BCUT2D eigenvalue weighted by Crippen LogP contribution is 2.17. The summed E-state index contributed by atoms with van der Waals surface area (Å²) in [4.78, 5) is 14.1. The molecule has 0 unspecified atom stereocenters. The molecule has 0 radical (unpaired) electrons. The van der Waals surface area contributed by atoms with Crippen LogP contribution in [0.4, 0.5) is 4.79 Å². The van der Waals surface area contributed by atoms with Crippen molar-refractivity contribution < 1.29 is 9.90 Å². The van der Waals surface area contributed by atoms with E-state index in [9.17, 15) is 9.90 Å². The average molecular weight is 290 g/mol. The summed E-state index contributed by atoms with van der Waals surface area (Å²) in [7, 11) is 0. The summed E-state index contributed by atoms with van der Waals surface area (Å²) >= 11 is 0. The summed E-state index contributed by atoms with van der Waals surface area (Å²) in [6, 6.07) is 10.1. The Morgan fingerprint density at radius 3 is 2.43 bits per heavy atom. The van der Waals surface area contributed by atoms with Crippen LogP contribution in [0.5, 0.6) is 0 Å². The summed E-state index contributed by atoms with van der Waals surface area (Å²) in [6.07, 6.45) is 7.09. The Labute approximate surface area is 127 Å². The maximum atomic E-state index is 12.4. The molecule has 1 fully saturated rings. The molecule has 1 aliphatic rings. The van der Waals surface area contributed by atoms with E-state index < -0.39 is 0 Å². The van der Waals surface area contributed by atoms with Gasteiger partial charge in [0, 0.05) is 19.1 Å². The van der Waals surface area contributed by atoms with Gasteiger partial charge in [-0.05, 0) is 18.4 Å². The second-order valence-corrected chi connectivity index (χ2v) is 5.77. The van der Waals surface area contributed by atoms with E-state index in [1.54, 1.807) is 4.90 Å². The van der Waals surface area contributed by atoms with E-state index in [1.165, 1.54) is 25.7 Å². The number of nitrogens with one attached hydrogen (secondary N) is 1. The van der Waals surface area contributed by atoms with Crippen molar-refractivity contribution in [3.05, 3.63) is 35.9 Å². The van der Waals surface area contributed by atoms with E-state index in [1.807, 2.05) is 30.3 Å². The van der Waals surface area contributed by atoms with E-state index in [4.69, 9.17) is 0 Å². The topological polar surface area (TPSA) is 52.6 Å². The van der Waals surface area contributed by atoms with Crippen molar-refractivity contribution in [3.8, 4) is 0 Å². The molecule has 21 heavy (non-hydrogen) atoms. The molecule has 2 amide bonds. The quantitative estimate of drug-likeness (QED) is 0.819. The predicted octanol–water partition coefficient (Wildman–Crippen LogP) is 2.91. The van der Waals surface area contributed by atoms with Crippen molar-refractivity contribution in [2.45, 2.75) is 51.1 Å². The van der Waals surface area contributed by atoms with Crippen LogP contribution in [0.25, 0.3) is 0 Å². The van der Waals surface area contributed by atoms with Gasteiger partial charge in [-0.25, -0.2) is 4.79 Å². The zero-order valence-electron chi connectivity index (χ0n) is 12.6. The monoisotopic (exact) mass is 290 g/mol. The number of hydrogen-bond acceptors (Lipinski definition) is 2. The summed E-state index contributed by atoms with van der Waals surface area (Å²) in [5, 5.41) is 12.3. The number of carbonyl (C=O) groups excluding carboxylic acids is 1. The van der Waals surface area contributed by atoms with Gasteiger partial charge in [0.1, 0.15) is 0 Å². The zero-order valence-corrected chi connectivity index (χ0v) is 12.6. The molecule has 116 valence electrons. The number of benzene rings is 1. The van der Waals surface area contributed by atoms with Crippen LogP contribution >= 0.6 is 0 Å². The van der Waals surface area contributed by atoms with Crippen LogP contribution in [-0.2, 0) is 6.54 Å². The molecule has 4 nitrogen and oxygen atoms in total. The first kappa shape index (κ1) is 15.8. The molecule has 0 atom stereocenters. The van der Waals surface area contributed by atoms with E-state index in [-0.39, 0.29) is 18.7 Å². The Hall–Kier alpha value is -1.55. The molecule has 1 aromatic carbocycles. The number of aliphatic hydroxyl groups is 1. The number of amides is 2. The summed E-state index contributed by atoms with van der Waals surface area (Å²) in [5.74, 6) is 0. The van der Waals surface area contributed by atoms with E-state index in [0.717, 1.165) is 18.4 Å². The van der Waals surface area contributed by atoms with Gasteiger partial charge in [0.15, 0.2) is 0 Å². The van der Waals surface area contributed by atoms with Crippen molar-refractivity contribution in [3.63, 3.8) is 0 Å². The normalized spacial score (nSPS) is 16.2. The van der Waals surface area contributed by atoms with Crippen molar-refractivity contribution >= 4 is 6.03 Å². The van der Waals surface area contributed by atoms with Crippen LogP contribution in [0, 0.1) is 0 Å². The first-order valence-corrected chi connectivity index (χ1v) is 8.00. The number of aliphatic hydroxyl groups excluding tert-OH is 1. The molecule has 0 bridgehead atoms. The molecule has 0 spiro atoms. The molecule has 4 heteroatoms. The number of rotatable bonds is 5. The lowest BCUT2D eigenvalue weighted by atomic mass is 10.1. The van der Waals surface area contributed by atoms with E-state index in [2.05, 4.69) is 5.32 Å². The van der Waals surface area contributed by atoms with Gasteiger partial charge < -0.3 is 15.3 Å². The first-order chi connectivity index (χ1) is 10.3. The summed E-state index contributed by atoms with van der Waals surface area (Å²) in [6.45, 7) is 0.901. The Morgan fingerprint density at radius 1 is 1.14 bits per heavy atom. The predicted molar refractivity (Wildman–Crippen MR) is 84.0 cm³/mol. The minimum Gasteiger partial charge on any atom is -0.395 e. The van der Waals surface area contributed by atoms with Gasteiger partial charge in [-0.15, -0.1) is 0 Å². The standard InChI is InChI=1S/C17H26N2O2/c20-13-12-19(14-15-8-4-3-5-9-15)17(21)18-16-10-6-1-2-7-11-16/h3-5,8-9,16,20H,1-2,6-7,10-14H2,(H,18,21). The van der Waals surface area contributed by atoms with Gasteiger partial charge >= 0.3 is 6.03 Å². The van der Waals surface area contributed by atoms with Gasteiger partial charge in [-0.1, -0.05) is 56.0 Å². The fourth-order valence-corrected chi connectivity index (χ4v) is 2.87. The molecule has 2 rings (SSSR count). The SMILES string of the molecule is O=C(NC1CCCCCC1)N(CCO)Cc1ccccc1. The van der Waals surface area contributed by atoms with Crippen LogP contribution in [0.2, 0.25) is 0 Å². The van der Waals surface area contributed by atoms with Gasteiger partial charge in [-0.2, -0.15) is 0 Å². The molecule has 0 aromatic heterocycles. The lowest BCUT2D eigenvalue weighted by molar-refractivity contribution is 0.170. The maximum absolute atomic E-state index is 12.4. The summed E-state index contributed by atoms with van der Waals surface area (Å²) in [5.41, 5.74) is 1.09. The fourth-order valence-electron chi connectivity index (χ4n) is 2.87. The Bertz CT molecular complexity index is 414. The summed E-state index contributed by atoms with van der Waals surface area (Å²) < 4.78 is 0. The van der Waals surface area contributed by atoms with Gasteiger partial charge in [0.2, 0.25) is 0 Å². The number of nitrogens with zero attached hydrogens (tertiary/aromatic N) is 1. The minimum atomic E-state index is -0.0557. The molecule has 0 heterocycles. The van der Waals surface area contributed by atoms with Crippen LogP contribution in [-0.4, -0.2) is 35.2 Å². The molecule has 2 N–H and O–H groups in total. The lowest BCUT2D eigenvalue weighted by Gasteiger charge is -2.25. The fraction of sp³-hybridized carbons (Fsp3) is 0.588. The maximum Gasteiger partial charge on any atom is 0.317 e. The molecule has 1 aliphatic carbocycles. The van der Waals surface area contributed by atoms with Crippen molar-refractivity contribution in [1.82, 2.24) is 10.2 Å². The Kier molecular flexibility index (Phi) is 6.54. The highest BCUT2D eigenvalue weighted by molar-refractivity contribution is 5.74. The minimum absolute atomic E-state index is 0.00901. The number of urea groups is 1. The first-order valence-electron chi connectivity index (χ1n) is 8.00. The number of carbonyl (C=O) groups is 1.